The first-order valence-corrected chi connectivity index (χ1v) is 6.76. The third-order valence-electron chi connectivity index (χ3n) is 3.85. The standard InChI is InChI=1S/C16H16N2O3/c1-20-12-10-17-13(15(18-12)21-2)14(19)16(8-9-16)11-6-4-3-5-7-11/h3-7,10H,8-9H2,1-2H3. The fourth-order valence-corrected chi connectivity index (χ4v) is 2.51. The summed E-state index contributed by atoms with van der Waals surface area (Å²) in [6, 6.07) is 9.79. The fraction of sp³-hybridized carbons (Fsp3) is 0.312. The van der Waals surface area contributed by atoms with Gasteiger partial charge in [-0.1, -0.05) is 30.3 Å². The van der Waals surface area contributed by atoms with Gasteiger partial charge in [0.05, 0.1) is 25.8 Å². The number of carbonyl (C=O) groups is 1. The molecule has 0 spiro atoms. The molecule has 0 atom stereocenters. The van der Waals surface area contributed by atoms with Gasteiger partial charge in [-0.05, 0) is 18.4 Å². The fourth-order valence-electron chi connectivity index (χ4n) is 2.51. The Balaban J connectivity index is 2.00. The average molecular weight is 284 g/mol. The molecule has 0 saturated heterocycles. The van der Waals surface area contributed by atoms with Crippen LogP contribution in [0.5, 0.6) is 11.8 Å². The van der Waals surface area contributed by atoms with Crippen LogP contribution in [-0.4, -0.2) is 30.0 Å². The second kappa shape index (κ2) is 5.16. The second-order valence-corrected chi connectivity index (χ2v) is 5.05. The maximum atomic E-state index is 12.9. The zero-order valence-electron chi connectivity index (χ0n) is 12.0. The third-order valence-corrected chi connectivity index (χ3v) is 3.85. The second-order valence-electron chi connectivity index (χ2n) is 5.05. The molecule has 108 valence electrons. The number of carbonyl (C=O) groups excluding carboxylic acids is 1. The van der Waals surface area contributed by atoms with Gasteiger partial charge < -0.3 is 9.47 Å². The Bertz CT molecular complexity index is 666. The molecule has 1 fully saturated rings. The first kappa shape index (κ1) is 13.5. The van der Waals surface area contributed by atoms with Crippen LogP contribution in [0.2, 0.25) is 0 Å². The van der Waals surface area contributed by atoms with Gasteiger partial charge in [0.25, 0.3) is 0 Å². The van der Waals surface area contributed by atoms with E-state index in [4.69, 9.17) is 9.47 Å². The number of hydrogen-bond donors (Lipinski definition) is 0. The van der Waals surface area contributed by atoms with Crippen molar-refractivity contribution in [3.63, 3.8) is 0 Å². The first-order chi connectivity index (χ1) is 10.2. The van der Waals surface area contributed by atoms with E-state index in [-0.39, 0.29) is 17.4 Å². The van der Waals surface area contributed by atoms with Gasteiger partial charge in [0.1, 0.15) is 0 Å². The molecule has 5 heteroatoms. The number of methoxy groups -OCH3 is 2. The van der Waals surface area contributed by atoms with Gasteiger partial charge in [0.2, 0.25) is 11.8 Å². The largest absolute Gasteiger partial charge is 0.480 e. The van der Waals surface area contributed by atoms with E-state index in [1.54, 1.807) is 0 Å². The summed E-state index contributed by atoms with van der Waals surface area (Å²) in [5.74, 6) is 0.496. The van der Waals surface area contributed by atoms with Crippen LogP contribution in [0.3, 0.4) is 0 Å². The molecule has 0 unspecified atom stereocenters. The lowest BCUT2D eigenvalue weighted by Gasteiger charge is -2.15. The highest BCUT2D eigenvalue weighted by molar-refractivity contribution is 6.06. The van der Waals surface area contributed by atoms with Gasteiger partial charge in [-0.25, -0.2) is 4.98 Å². The number of nitrogens with zero attached hydrogens (tertiary/aromatic N) is 2. The van der Waals surface area contributed by atoms with Gasteiger partial charge in [-0.15, -0.1) is 0 Å². The van der Waals surface area contributed by atoms with E-state index in [0.29, 0.717) is 5.88 Å². The first-order valence-electron chi connectivity index (χ1n) is 6.76. The lowest BCUT2D eigenvalue weighted by Crippen LogP contribution is -2.22. The minimum Gasteiger partial charge on any atom is -0.480 e. The van der Waals surface area contributed by atoms with E-state index in [0.717, 1.165) is 18.4 Å². The highest BCUT2D eigenvalue weighted by Gasteiger charge is 2.52. The molecule has 0 amide bonds. The zero-order chi connectivity index (χ0) is 14.9. The van der Waals surface area contributed by atoms with Crippen LogP contribution in [0.4, 0.5) is 0 Å². The van der Waals surface area contributed by atoms with Crippen molar-refractivity contribution in [3.8, 4) is 11.8 Å². The Labute approximate surface area is 123 Å². The maximum absolute atomic E-state index is 12.9. The van der Waals surface area contributed by atoms with Crippen LogP contribution in [0.1, 0.15) is 28.9 Å². The molecule has 0 bridgehead atoms. The molecular weight excluding hydrogens is 268 g/mol. The Hall–Kier alpha value is -2.43. The van der Waals surface area contributed by atoms with Crippen molar-refractivity contribution in [2.45, 2.75) is 18.3 Å². The summed E-state index contributed by atoms with van der Waals surface area (Å²) in [5, 5.41) is 0. The van der Waals surface area contributed by atoms with Crippen molar-refractivity contribution in [2.24, 2.45) is 0 Å². The molecule has 0 aliphatic heterocycles. The zero-order valence-corrected chi connectivity index (χ0v) is 12.0. The Kier molecular flexibility index (Phi) is 3.33. The van der Waals surface area contributed by atoms with E-state index < -0.39 is 5.41 Å². The van der Waals surface area contributed by atoms with E-state index in [1.165, 1.54) is 20.4 Å². The summed E-state index contributed by atoms with van der Waals surface area (Å²) >= 11 is 0. The van der Waals surface area contributed by atoms with Crippen LogP contribution in [-0.2, 0) is 5.41 Å². The number of ether oxygens (including phenoxy) is 2. The van der Waals surface area contributed by atoms with Crippen LogP contribution >= 0.6 is 0 Å². The molecule has 1 aliphatic carbocycles. The van der Waals surface area contributed by atoms with E-state index in [9.17, 15) is 4.79 Å². The lowest BCUT2D eigenvalue weighted by molar-refractivity contribution is 0.0936. The SMILES string of the molecule is COc1cnc(C(=O)C2(c3ccccc3)CC2)c(OC)n1. The predicted molar refractivity (Wildman–Crippen MR) is 76.8 cm³/mol. The van der Waals surface area contributed by atoms with Crippen LogP contribution in [0.15, 0.2) is 36.5 Å². The van der Waals surface area contributed by atoms with Crippen molar-refractivity contribution in [1.82, 2.24) is 9.97 Å². The molecule has 1 heterocycles. The minimum absolute atomic E-state index is 0.0410. The Morgan fingerprint density at radius 3 is 2.43 bits per heavy atom. The summed E-state index contributed by atoms with van der Waals surface area (Å²) in [7, 11) is 2.97. The molecule has 5 nitrogen and oxygen atoms in total. The van der Waals surface area contributed by atoms with Crippen molar-refractivity contribution in [2.75, 3.05) is 14.2 Å². The van der Waals surface area contributed by atoms with Crippen molar-refractivity contribution < 1.29 is 14.3 Å². The Morgan fingerprint density at radius 1 is 1.14 bits per heavy atom. The molecule has 21 heavy (non-hydrogen) atoms. The molecule has 1 aliphatic rings. The number of ketones is 1. The number of Topliss-reactive ketones (excluding diaryl/α,β-unsaturated/α-hetero) is 1. The van der Waals surface area contributed by atoms with Crippen molar-refractivity contribution >= 4 is 5.78 Å². The van der Waals surface area contributed by atoms with E-state index in [1.807, 2.05) is 30.3 Å². The average Bonchev–Trinajstić information content (AvgIpc) is 3.36. The third kappa shape index (κ3) is 2.24. The minimum atomic E-state index is -0.474. The van der Waals surface area contributed by atoms with Crippen molar-refractivity contribution in [3.05, 3.63) is 47.8 Å². The highest BCUT2D eigenvalue weighted by atomic mass is 16.5. The quantitative estimate of drug-likeness (QED) is 0.789. The van der Waals surface area contributed by atoms with Crippen LogP contribution < -0.4 is 9.47 Å². The summed E-state index contributed by atoms with van der Waals surface area (Å²) in [6.07, 6.45) is 3.09. The number of aromatic nitrogens is 2. The number of rotatable bonds is 5. The van der Waals surface area contributed by atoms with E-state index >= 15 is 0 Å². The monoisotopic (exact) mass is 284 g/mol. The van der Waals surface area contributed by atoms with Crippen molar-refractivity contribution in [1.29, 1.82) is 0 Å². The molecule has 2 aromatic rings. The van der Waals surface area contributed by atoms with Gasteiger partial charge in [0, 0.05) is 0 Å². The van der Waals surface area contributed by atoms with Gasteiger partial charge in [0.15, 0.2) is 11.5 Å². The normalized spacial score (nSPS) is 15.3. The highest BCUT2D eigenvalue weighted by Crippen LogP contribution is 2.50. The topological polar surface area (TPSA) is 61.3 Å². The molecule has 3 rings (SSSR count). The molecule has 0 N–H and O–H groups in total. The van der Waals surface area contributed by atoms with Gasteiger partial charge >= 0.3 is 0 Å². The maximum Gasteiger partial charge on any atom is 0.246 e. The Morgan fingerprint density at radius 2 is 1.86 bits per heavy atom. The van der Waals surface area contributed by atoms with Gasteiger partial charge in [-0.3, -0.25) is 4.79 Å². The van der Waals surface area contributed by atoms with Crippen LogP contribution in [0.25, 0.3) is 0 Å². The summed E-state index contributed by atoms with van der Waals surface area (Å²) in [5.41, 5.74) is 0.812. The lowest BCUT2D eigenvalue weighted by atomic mass is 9.89. The smallest absolute Gasteiger partial charge is 0.246 e. The number of benzene rings is 1. The summed E-state index contributed by atoms with van der Waals surface area (Å²) in [4.78, 5) is 21.2. The molecule has 0 radical (unpaired) electrons. The summed E-state index contributed by atoms with van der Waals surface area (Å²) in [6.45, 7) is 0. The molecule has 1 aromatic carbocycles. The number of hydrogen-bond acceptors (Lipinski definition) is 5. The molecule has 1 aromatic heterocycles. The molecule has 1 saturated carbocycles. The van der Waals surface area contributed by atoms with Gasteiger partial charge in [-0.2, -0.15) is 4.98 Å². The van der Waals surface area contributed by atoms with E-state index in [2.05, 4.69) is 9.97 Å². The van der Waals surface area contributed by atoms with Crippen LogP contribution in [0, 0.1) is 0 Å². The predicted octanol–water partition coefficient (Wildman–Crippen LogP) is 2.41. The summed E-state index contributed by atoms with van der Waals surface area (Å²) < 4.78 is 10.2. The molecular formula is C16H16N2O3.